The largest absolute Gasteiger partial charge is 0.319 e. The maximum Gasteiger partial charge on any atom is 0.111 e. The smallest absolute Gasteiger partial charge is 0.111 e. The predicted molar refractivity (Wildman–Crippen MR) is 49.8 cm³/mol. The van der Waals surface area contributed by atoms with E-state index < -0.39 is 9.83 Å². The summed E-state index contributed by atoms with van der Waals surface area (Å²) < 4.78 is 19.8. The first-order valence-corrected chi connectivity index (χ1v) is 6.48. The SMILES string of the molecule is CC1CCCCC1S(=O)SO. The van der Waals surface area contributed by atoms with E-state index in [-0.39, 0.29) is 5.25 Å². The second-order valence-corrected chi connectivity index (χ2v) is 5.84. The topological polar surface area (TPSA) is 37.3 Å². The molecule has 11 heavy (non-hydrogen) atoms. The second-order valence-electron chi connectivity index (χ2n) is 3.14. The van der Waals surface area contributed by atoms with Crippen molar-refractivity contribution in [1.29, 1.82) is 0 Å². The highest BCUT2D eigenvalue weighted by molar-refractivity contribution is 8.66. The molecule has 0 spiro atoms. The maximum absolute atomic E-state index is 11.2. The summed E-state index contributed by atoms with van der Waals surface area (Å²) in [4.78, 5) is 0. The summed E-state index contributed by atoms with van der Waals surface area (Å²) >= 11 is 0.507. The highest BCUT2D eigenvalue weighted by Gasteiger charge is 2.26. The van der Waals surface area contributed by atoms with Crippen LogP contribution in [0.25, 0.3) is 0 Å². The molecule has 1 fully saturated rings. The number of rotatable bonds is 2. The maximum atomic E-state index is 11.2. The Morgan fingerprint density at radius 1 is 1.45 bits per heavy atom. The molecule has 0 aromatic carbocycles. The van der Waals surface area contributed by atoms with Crippen LogP contribution in [0.4, 0.5) is 0 Å². The van der Waals surface area contributed by atoms with Crippen LogP contribution in [0.15, 0.2) is 0 Å². The van der Waals surface area contributed by atoms with Crippen molar-refractivity contribution in [2.24, 2.45) is 5.92 Å². The molecule has 3 unspecified atom stereocenters. The third kappa shape index (κ3) is 2.46. The van der Waals surface area contributed by atoms with Crippen LogP contribution in [-0.4, -0.2) is 14.0 Å². The molecule has 0 aromatic heterocycles. The van der Waals surface area contributed by atoms with Crippen LogP contribution in [-0.2, 0) is 9.83 Å². The van der Waals surface area contributed by atoms with Crippen molar-refractivity contribution in [3.63, 3.8) is 0 Å². The van der Waals surface area contributed by atoms with Gasteiger partial charge in [0.15, 0.2) is 0 Å². The molecule has 0 amide bonds. The van der Waals surface area contributed by atoms with Gasteiger partial charge in [-0.3, -0.25) is 0 Å². The third-order valence-corrected chi connectivity index (χ3v) is 4.88. The standard InChI is InChI=1S/C7H14O2S2/c1-6-4-2-3-5-7(6)11(9)10-8/h6-8H,2-5H2,1H3. The Morgan fingerprint density at radius 3 is 2.64 bits per heavy atom. The molecule has 1 aliphatic rings. The molecular weight excluding hydrogens is 180 g/mol. The Hall–Kier alpha value is 0.460. The van der Waals surface area contributed by atoms with Gasteiger partial charge in [-0.2, -0.15) is 0 Å². The van der Waals surface area contributed by atoms with Gasteiger partial charge in [0.2, 0.25) is 0 Å². The molecule has 2 nitrogen and oxygen atoms in total. The molecule has 0 saturated heterocycles. The third-order valence-electron chi connectivity index (χ3n) is 2.35. The first-order valence-electron chi connectivity index (χ1n) is 3.98. The van der Waals surface area contributed by atoms with E-state index >= 15 is 0 Å². The van der Waals surface area contributed by atoms with Gasteiger partial charge in [-0.05, 0) is 18.8 Å². The van der Waals surface area contributed by atoms with Crippen LogP contribution in [0.3, 0.4) is 0 Å². The molecule has 1 rings (SSSR count). The summed E-state index contributed by atoms with van der Waals surface area (Å²) in [5.41, 5.74) is 0. The summed E-state index contributed by atoms with van der Waals surface area (Å²) in [6.45, 7) is 2.12. The van der Waals surface area contributed by atoms with Gasteiger partial charge in [-0.15, -0.1) is 0 Å². The molecule has 0 heterocycles. The van der Waals surface area contributed by atoms with Gasteiger partial charge < -0.3 is 4.55 Å². The van der Waals surface area contributed by atoms with Gasteiger partial charge >= 0.3 is 0 Å². The van der Waals surface area contributed by atoms with Gasteiger partial charge in [0.05, 0.1) is 11.1 Å². The van der Waals surface area contributed by atoms with E-state index in [4.69, 9.17) is 4.55 Å². The summed E-state index contributed by atoms with van der Waals surface area (Å²) in [5, 5.41) is 0.221. The van der Waals surface area contributed by atoms with E-state index in [1.54, 1.807) is 0 Å². The fourth-order valence-electron chi connectivity index (χ4n) is 1.62. The lowest BCUT2D eigenvalue weighted by molar-refractivity contribution is 0.392. The van der Waals surface area contributed by atoms with Gasteiger partial charge in [-0.1, -0.05) is 19.8 Å². The van der Waals surface area contributed by atoms with Crippen molar-refractivity contribution >= 4 is 20.9 Å². The predicted octanol–water partition coefficient (Wildman–Crippen LogP) is 2.44. The zero-order chi connectivity index (χ0) is 8.27. The summed E-state index contributed by atoms with van der Waals surface area (Å²) in [7, 11) is -1.07. The van der Waals surface area contributed by atoms with Gasteiger partial charge in [0.25, 0.3) is 0 Å². The molecule has 1 saturated carbocycles. The van der Waals surface area contributed by atoms with Crippen molar-refractivity contribution in [2.45, 2.75) is 37.9 Å². The van der Waals surface area contributed by atoms with Crippen molar-refractivity contribution in [3.8, 4) is 0 Å². The average Bonchev–Trinajstić information content (AvgIpc) is 2.04. The highest BCUT2D eigenvalue weighted by Crippen LogP contribution is 2.30. The number of hydrogen-bond acceptors (Lipinski definition) is 3. The minimum absolute atomic E-state index is 0.221. The first-order chi connectivity index (χ1) is 5.25. The summed E-state index contributed by atoms with van der Waals surface area (Å²) in [5.74, 6) is 0.518. The van der Waals surface area contributed by atoms with Crippen molar-refractivity contribution in [1.82, 2.24) is 0 Å². The van der Waals surface area contributed by atoms with Crippen LogP contribution in [0.2, 0.25) is 0 Å². The summed E-state index contributed by atoms with van der Waals surface area (Å²) in [6, 6.07) is 0. The Bertz CT molecular complexity index is 149. The van der Waals surface area contributed by atoms with Crippen LogP contribution < -0.4 is 0 Å². The van der Waals surface area contributed by atoms with Crippen molar-refractivity contribution < 1.29 is 8.76 Å². The molecule has 0 bridgehead atoms. The van der Waals surface area contributed by atoms with Crippen LogP contribution >= 0.6 is 11.1 Å². The average molecular weight is 194 g/mol. The molecular formula is C7H14O2S2. The van der Waals surface area contributed by atoms with Gasteiger partial charge in [0.1, 0.15) is 9.83 Å². The lowest BCUT2D eigenvalue weighted by Crippen LogP contribution is -2.25. The quantitative estimate of drug-likeness (QED) is 0.542. The van der Waals surface area contributed by atoms with Crippen molar-refractivity contribution in [2.75, 3.05) is 0 Å². The molecule has 0 aromatic rings. The molecule has 1 aliphatic carbocycles. The minimum atomic E-state index is -1.07. The Labute approximate surface area is 73.8 Å². The Kier molecular flexibility index (Phi) is 3.89. The normalized spacial score (nSPS) is 35.1. The molecule has 66 valence electrons. The molecule has 0 aliphatic heterocycles. The van der Waals surface area contributed by atoms with Crippen LogP contribution in [0, 0.1) is 5.92 Å². The molecule has 3 atom stereocenters. The molecule has 1 N–H and O–H groups in total. The van der Waals surface area contributed by atoms with E-state index in [2.05, 4.69) is 6.92 Å². The Morgan fingerprint density at radius 2 is 2.09 bits per heavy atom. The minimum Gasteiger partial charge on any atom is -0.319 e. The monoisotopic (exact) mass is 194 g/mol. The Balaban J connectivity index is 2.47. The second kappa shape index (κ2) is 4.48. The van der Waals surface area contributed by atoms with Gasteiger partial charge in [-0.25, -0.2) is 4.21 Å². The van der Waals surface area contributed by atoms with E-state index in [0.717, 1.165) is 12.8 Å². The van der Waals surface area contributed by atoms with E-state index in [0.29, 0.717) is 17.0 Å². The van der Waals surface area contributed by atoms with Crippen LogP contribution in [0.1, 0.15) is 32.6 Å². The number of hydrogen-bond donors (Lipinski definition) is 1. The lowest BCUT2D eigenvalue weighted by atomic mass is 9.90. The van der Waals surface area contributed by atoms with Crippen LogP contribution in [0.5, 0.6) is 0 Å². The fraction of sp³-hybridized carbons (Fsp3) is 1.00. The van der Waals surface area contributed by atoms with E-state index in [9.17, 15) is 4.21 Å². The lowest BCUT2D eigenvalue weighted by Gasteiger charge is -2.26. The molecule has 0 radical (unpaired) electrons. The zero-order valence-corrected chi connectivity index (χ0v) is 8.29. The zero-order valence-electron chi connectivity index (χ0n) is 6.66. The van der Waals surface area contributed by atoms with Gasteiger partial charge in [0, 0.05) is 5.25 Å². The summed E-state index contributed by atoms with van der Waals surface area (Å²) in [6.07, 6.45) is 4.60. The fourth-order valence-corrected chi connectivity index (χ4v) is 3.80. The van der Waals surface area contributed by atoms with Crippen molar-refractivity contribution in [3.05, 3.63) is 0 Å². The van der Waals surface area contributed by atoms with E-state index in [1.165, 1.54) is 12.8 Å². The molecule has 4 heteroatoms. The first kappa shape index (κ1) is 9.55. The van der Waals surface area contributed by atoms with E-state index in [1.807, 2.05) is 0 Å². The highest BCUT2D eigenvalue weighted by atomic mass is 33.1.